The molecule has 0 bridgehead atoms. The van der Waals surface area contributed by atoms with Crippen LogP contribution in [0.4, 0.5) is 0 Å². The molecule has 3 aromatic rings. The molecule has 2 aromatic carbocycles. The van der Waals surface area contributed by atoms with Crippen molar-refractivity contribution in [2.75, 3.05) is 20.6 Å². The largest absolute Gasteiger partial charge is 0.484 e. The number of benzene rings is 2. The minimum atomic E-state index is -1.82. The van der Waals surface area contributed by atoms with Crippen molar-refractivity contribution in [2.24, 2.45) is 0 Å². The topological polar surface area (TPSA) is 87.1 Å². The molecule has 1 aromatic heterocycles. The Morgan fingerprint density at radius 2 is 1.69 bits per heavy atom. The molecule has 1 unspecified atom stereocenters. The molecule has 1 heterocycles. The van der Waals surface area contributed by atoms with E-state index in [9.17, 15) is 0 Å². The number of hydrogen-bond acceptors (Lipinski definition) is 5. The molecule has 3 rings (SSSR count). The Morgan fingerprint density at radius 3 is 2.28 bits per heavy atom. The predicted octanol–water partition coefficient (Wildman–Crippen LogP) is 4.78. The number of thiophene rings is 1. The molecule has 0 aliphatic heterocycles. The Kier molecular flexibility index (Phi) is 8.45. The Morgan fingerprint density at radius 1 is 1.03 bits per heavy atom. The van der Waals surface area contributed by atoms with Crippen molar-refractivity contribution < 1.29 is 24.5 Å². The van der Waals surface area contributed by atoms with Crippen molar-refractivity contribution in [1.29, 1.82) is 0 Å². The Hall–Kier alpha value is -2.61. The first-order chi connectivity index (χ1) is 13.8. The summed E-state index contributed by atoms with van der Waals surface area (Å²) in [7, 11) is 4.16. The van der Waals surface area contributed by atoms with Crippen LogP contribution in [0.15, 0.2) is 54.6 Å². The summed E-state index contributed by atoms with van der Waals surface area (Å²) < 4.78 is 7.20. The zero-order chi connectivity index (χ0) is 21.4. The summed E-state index contributed by atoms with van der Waals surface area (Å²) in [5, 5.41) is 17.1. The fraction of sp³-hybridized carbons (Fsp3) is 0.238. The molecule has 0 saturated heterocycles. The first-order valence-corrected chi connectivity index (χ1v) is 9.98. The maximum atomic E-state index is 9.10. The number of rotatable bonds is 6. The monoisotopic (exact) mass is 435 g/mol. The van der Waals surface area contributed by atoms with Crippen LogP contribution in [0, 0.1) is 0 Å². The van der Waals surface area contributed by atoms with E-state index >= 15 is 0 Å². The molecule has 29 heavy (non-hydrogen) atoms. The minimum absolute atomic E-state index is 0.0145. The van der Waals surface area contributed by atoms with Gasteiger partial charge < -0.3 is 19.8 Å². The average Bonchev–Trinajstić information content (AvgIpc) is 3.11. The normalized spacial score (nSPS) is 11.6. The Labute approximate surface area is 177 Å². The smallest absolute Gasteiger partial charge is 0.414 e. The lowest BCUT2D eigenvalue weighted by molar-refractivity contribution is -0.159. The minimum Gasteiger partial charge on any atom is -0.484 e. The Bertz CT molecular complexity index is 955. The summed E-state index contributed by atoms with van der Waals surface area (Å²) in [5.74, 6) is -2.72. The maximum Gasteiger partial charge on any atom is 0.414 e. The summed E-state index contributed by atoms with van der Waals surface area (Å²) in [6, 6.07) is 18.5. The molecule has 0 aliphatic rings. The van der Waals surface area contributed by atoms with Crippen molar-refractivity contribution >= 4 is 45.6 Å². The summed E-state index contributed by atoms with van der Waals surface area (Å²) in [6.07, 6.45) is 0.938. The van der Waals surface area contributed by atoms with E-state index in [-0.39, 0.29) is 6.10 Å². The molecule has 0 aliphatic carbocycles. The van der Waals surface area contributed by atoms with E-state index in [2.05, 4.69) is 49.3 Å². The van der Waals surface area contributed by atoms with E-state index in [1.54, 1.807) is 11.3 Å². The standard InChI is InChI=1S/C19H20ClNOS.C2H2O4/c1-21(2)13-12-17(18-10-11-19(20)23-18)22-16-9-5-7-14-6-3-4-8-15(14)16;3-1(4)2(5)6/h3-11,17H,12-13H2,1-2H3;(H,3,4)(H,5,6). The van der Waals surface area contributed by atoms with Crippen LogP contribution in [-0.4, -0.2) is 47.7 Å². The molecule has 8 heteroatoms. The van der Waals surface area contributed by atoms with Crippen LogP contribution in [0.1, 0.15) is 17.4 Å². The van der Waals surface area contributed by atoms with E-state index in [0.29, 0.717) is 0 Å². The number of nitrogens with zero attached hydrogens (tertiary/aromatic N) is 1. The van der Waals surface area contributed by atoms with Gasteiger partial charge >= 0.3 is 11.9 Å². The summed E-state index contributed by atoms with van der Waals surface area (Å²) in [5.41, 5.74) is 0. The van der Waals surface area contributed by atoms with Crippen LogP contribution in [0.5, 0.6) is 5.75 Å². The third-order valence-corrected chi connectivity index (χ3v) is 5.27. The third kappa shape index (κ3) is 7.05. The average molecular weight is 436 g/mol. The molecule has 0 radical (unpaired) electrons. The molecule has 2 N–H and O–H groups in total. The van der Waals surface area contributed by atoms with Crippen molar-refractivity contribution in [1.82, 2.24) is 4.90 Å². The second-order valence-corrected chi connectivity index (χ2v) is 8.17. The van der Waals surface area contributed by atoms with Gasteiger partial charge in [0.15, 0.2) is 0 Å². The highest BCUT2D eigenvalue weighted by Crippen LogP contribution is 2.35. The van der Waals surface area contributed by atoms with Crippen molar-refractivity contribution in [3.05, 3.63) is 63.8 Å². The van der Waals surface area contributed by atoms with E-state index in [4.69, 9.17) is 36.1 Å². The number of carboxylic acid groups (broad SMARTS) is 2. The highest BCUT2D eigenvalue weighted by molar-refractivity contribution is 7.16. The lowest BCUT2D eigenvalue weighted by Crippen LogP contribution is -2.18. The van der Waals surface area contributed by atoms with Crippen LogP contribution >= 0.6 is 22.9 Å². The molecular formula is C21H22ClNO5S. The molecule has 154 valence electrons. The van der Waals surface area contributed by atoms with Gasteiger partial charge in [0, 0.05) is 23.2 Å². The van der Waals surface area contributed by atoms with Crippen molar-refractivity contribution in [3.63, 3.8) is 0 Å². The fourth-order valence-electron chi connectivity index (χ4n) is 2.59. The first kappa shape index (κ1) is 22.7. The van der Waals surface area contributed by atoms with Crippen LogP contribution in [0.2, 0.25) is 4.34 Å². The number of carbonyl (C=O) groups is 2. The Balaban J connectivity index is 0.000000438. The summed E-state index contributed by atoms with van der Waals surface area (Å²) in [4.78, 5) is 21.5. The van der Waals surface area contributed by atoms with E-state index in [1.165, 1.54) is 10.3 Å². The molecule has 1 atom stereocenters. The number of aliphatic carboxylic acids is 2. The number of hydrogen-bond donors (Lipinski definition) is 2. The van der Waals surface area contributed by atoms with E-state index < -0.39 is 11.9 Å². The third-order valence-electron chi connectivity index (χ3n) is 3.95. The molecule has 0 amide bonds. The first-order valence-electron chi connectivity index (χ1n) is 8.78. The van der Waals surface area contributed by atoms with Gasteiger partial charge in [0.1, 0.15) is 11.9 Å². The number of ether oxygens (including phenoxy) is 1. The van der Waals surface area contributed by atoms with Crippen LogP contribution in [-0.2, 0) is 9.59 Å². The van der Waals surface area contributed by atoms with Gasteiger partial charge in [-0.25, -0.2) is 9.59 Å². The lowest BCUT2D eigenvalue weighted by atomic mass is 10.1. The van der Waals surface area contributed by atoms with E-state index in [0.717, 1.165) is 28.4 Å². The van der Waals surface area contributed by atoms with Gasteiger partial charge in [-0.05, 0) is 37.7 Å². The molecule has 0 saturated carbocycles. The van der Waals surface area contributed by atoms with Gasteiger partial charge in [-0.2, -0.15) is 0 Å². The molecule has 6 nitrogen and oxygen atoms in total. The highest BCUT2D eigenvalue weighted by atomic mass is 35.5. The van der Waals surface area contributed by atoms with Crippen LogP contribution < -0.4 is 4.74 Å². The predicted molar refractivity (Wildman–Crippen MR) is 115 cm³/mol. The molecule has 0 spiro atoms. The number of halogens is 1. The van der Waals surface area contributed by atoms with Crippen LogP contribution in [0.3, 0.4) is 0 Å². The number of fused-ring (bicyclic) bond motifs is 1. The van der Waals surface area contributed by atoms with Gasteiger partial charge in [-0.3, -0.25) is 0 Å². The van der Waals surface area contributed by atoms with Gasteiger partial charge in [-0.15, -0.1) is 11.3 Å². The fourth-order valence-corrected chi connectivity index (χ4v) is 3.71. The highest BCUT2D eigenvalue weighted by Gasteiger charge is 2.17. The maximum absolute atomic E-state index is 9.10. The quantitative estimate of drug-likeness (QED) is 0.542. The van der Waals surface area contributed by atoms with Crippen LogP contribution in [0.25, 0.3) is 10.8 Å². The second-order valence-electron chi connectivity index (χ2n) is 6.43. The molecule has 0 fully saturated rings. The van der Waals surface area contributed by atoms with Gasteiger partial charge in [-0.1, -0.05) is 48.0 Å². The zero-order valence-electron chi connectivity index (χ0n) is 16.0. The summed E-state index contributed by atoms with van der Waals surface area (Å²) >= 11 is 7.71. The van der Waals surface area contributed by atoms with Gasteiger partial charge in [0.25, 0.3) is 0 Å². The van der Waals surface area contributed by atoms with Gasteiger partial charge in [0.05, 0.1) is 4.34 Å². The SMILES string of the molecule is CN(C)CCC(Oc1cccc2ccccc12)c1ccc(Cl)s1.O=C(O)C(=O)O. The zero-order valence-corrected chi connectivity index (χ0v) is 17.6. The summed E-state index contributed by atoms with van der Waals surface area (Å²) in [6.45, 7) is 0.963. The van der Waals surface area contributed by atoms with Gasteiger partial charge in [0.2, 0.25) is 0 Å². The van der Waals surface area contributed by atoms with E-state index in [1.807, 2.05) is 24.3 Å². The second kappa shape index (κ2) is 10.8. The molecular weight excluding hydrogens is 414 g/mol. The number of carboxylic acids is 2. The van der Waals surface area contributed by atoms with Crippen molar-refractivity contribution in [3.8, 4) is 5.75 Å². The van der Waals surface area contributed by atoms with Crippen molar-refractivity contribution in [2.45, 2.75) is 12.5 Å². The lowest BCUT2D eigenvalue weighted by Gasteiger charge is -2.21.